The van der Waals surface area contributed by atoms with Gasteiger partial charge in [-0.15, -0.1) is 11.6 Å². The fourth-order valence-electron chi connectivity index (χ4n) is 1.63. The van der Waals surface area contributed by atoms with E-state index in [1.165, 1.54) is 16.7 Å². The molecule has 0 aliphatic rings. The predicted octanol–water partition coefficient (Wildman–Crippen LogP) is 4.61. The maximum absolute atomic E-state index is 5.62. The van der Waals surface area contributed by atoms with Gasteiger partial charge in [-0.05, 0) is 22.8 Å². The molecule has 0 aromatic heterocycles. The smallest absolute Gasteiger partial charge is 0.0407 e. The second-order valence-electron chi connectivity index (χ2n) is 3.55. The maximum atomic E-state index is 5.62. The van der Waals surface area contributed by atoms with E-state index in [9.17, 15) is 0 Å². The standard InChI is InChI=1S/C15H13Cl/c16-11-5-7-13-6-4-10-15(12-13)14-8-2-1-3-9-14/h1-10,12H,11H2. The van der Waals surface area contributed by atoms with Gasteiger partial charge in [-0.25, -0.2) is 0 Å². The van der Waals surface area contributed by atoms with Crippen LogP contribution in [0, 0.1) is 0 Å². The zero-order valence-electron chi connectivity index (χ0n) is 8.94. The topological polar surface area (TPSA) is 0 Å². The van der Waals surface area contributed by atoms with Crippen LogP contribution >= 0.6 is 11.6 Å². The van der Waals surface area contributed by atoms with E-state index in [1.807, 2.05) is 18.2 Å². The van der Waals surface area contributed by atoms with Gasteiger partial charge in [0.2, 0.25) is 0 Å². The number of hydrogen-bond acceptors (Lipinski definition) is 0. The normalized spacial score (nSPS) is 10.8. The van der Waals surface area contributed by atoms with Crippen LogP contribution in [0.2, 0.25) is 0 Å². The summed E-state index contributed by atoms with van der Waals surface area (Å²) in [5.74, 6) is 0.551. The summed E-state index contributed by atoms with van der Waals surface area (Å²) in [5, 5.41) is 0. The first-order valence-electron chi connectivity index (χ1n) is 5.28. The van der Waals surface area contributed by atoms with Crippen molar-refractivity contribution in [3.05, 3.63) is 66.2 Å². The van der Waals surface area contributed by atoms with Crippen LogP contribution in [0.3, 0.4) is 0 Å². The molecule has 2 aromatic rings. The van der Waals surface area contributed by atoms with Crippen LogP contribution in [-0.2, 0) is 0 Å². The highest BCUT2D eigenvalue weighted by Gasteiger charge is 1.96. The van der Waals surface area contributed by atoms with Crippen molar-refractivity contribution in [3.63, 3.8) is 0 Å². The molecule has 0 spiro atoms. The number of allylic oxidation sites excluding steroid dienone is 1. The number of hydrogen-bond donors (Lipinski definition) is 0. The number of alkyl halides is 1. The molecule has 2 rings (SSSR count). The van der Waals surface area contributed by atoms with Crippen LogP contribution in [0.5, 0.6) is 0 Å². The summed E-state index contributed by atoms with van der Waals surface area (Å²) in [5.41, 5.74) is 3.66. The summed E-state index contributed by atoms with van der Waals surface area (Å²) >= 11 is 5.62. The summed E-state index contributed by atoms with van der Waals surface area (Å²) in [4.78, 5) is 0. The largest absolute Gasteiger partial charge is 0.122 e. The van der Waals surface area contributed by atoms with Crippen molar-refractivity contribution < 1.29 is 0 Å². The van der Waals surface area contributed by atoms with Gasteiger partial charge in [0.25, 0.3) is 0 Å². The Bertz CT molecular complexity index is 472. The minimum Gasteiger partial charge on any atom is -0.122 e. The minimum absolute atomic E-state index is 0.551. The third-order valence-corrected chi connectivity index (χ3v) is 2.57. The van der Waals surface area contributed by atoms with Gasteiger partial charge in [0.05, 0.1) is 0 Å². The Balaban J connectivity index is 2.33. The lowest BCUT2D eigenvalue weighted by Crippen LogP contribution is -1.78. The van der Waals surface area contributed by atoms with Crippen molar-refractivity contribution in [3.8, 4) is 11.1 Å². The molecule has 0 fully saturated rings. The Morgan fingerprint density at radius 2 is 1.62 bits per heavy atom. The van der Waals surface area contributed by atoms with Crippen molar-refractivity contribution in [2.24, 2.45) is 0 Å². The summed E-state index contributed by atoms with van der Waals surface area (Å²) in [6, 6.07) is 18.8. The zero-order valence-corrected chi connectivity index (χ0v) is 9.69. The van der Waals surface area contributed by atoms with Crippen LogP contribution < -0.4 is 0 Å². The molecule has 0 atom stereocenters. The van der Waals surface area contributed by atoms with E-state index in [2.05, 4.69) is 48.5 Å². The van der Waals surface area contributed by atoms with Crippen molar-refractivity contribution >= 4 is 17.7 Å². The fraction of sp³-hybridized carbons (Fsp3) is 0.0667. The zero-order chi connectivity index (χ0) is 11.2. The minimum atomic E-state index is 0.551. The van der Waals surface area contributed by atoms with E-state index in [0.29, 0.717) is 5.88 Å². The maximum Gasteiger partial charge on any atom is 0.0407 e. The first-order valence-corrected chi connectivity index (χ1v) is 5.81. The average Bonchev–Trinajstić information content (AvgIpc) is 2.38. The fourth-order valence-corrected chi connectivity index (χ4v) is 1.72. The van der Waals surface area contributed by atoms with E-state index in [-0.39, 0.29) is 0 Å². The van der Waals surface area contributed by atoms with Gasteiger partial charge in [-0.3, -0.25) is 0 Å². The van der Waals surface area contributed by atoms with Gasteiger partial charge >= 0.3 is 0 Å². The average molecular weight is 229 g/mol. The summed E-state index contributed by atoms with van der Waals surface area (Å²) < 4.78 is 0. The first kappa shape index (κ1) is 11.0. The van der Waals surface area contributed by atoms with Crippen molar-refractivity contribution in [2.45, 2.75) is 0 Å². The molecule has 0 unspecified atom stereocenters. The molecule has 0 aliphatic heterocycles. The molecule has 0 amide bonds. The lowest BCUT2D eigenvalue weighted by Gasteiger charge is -2.02. The molecule has 1 heteroatoms. The van der Waals surface area contributed by atoms with Gasteiger partial charge in [0.15, 0.2) is 0 Å². The van der Waals surface area contributed by atoms with E-state index in [0.717, 1.165) is 0 Å². The molecular formula is C15H13Cl. The number of benzene rings is 2. The van der Waals surface area contributed by atoms with Crippen LogP contribution in [0.15, 0.2) is 60.7 Å². The molecule has 0 heterocycles. The van der Waals surface area contributed by atoms with Crippen molar-refractivity contribution in [2.75, 3.05) is 5.88 Å². The van der Waals surface area contributed by atoms with Gasteiger partial charge in [-0.2, -0.15) is 0 Å². The lowest BCUT2D eigenvalue weighted by molar-refractivity contribution is 1.59. The Morgan fingerprint density at radius 1 is 0.875 bits per heavy atom. The highest BCUT2D eigenvalue weighted by atomic mass is 35.5. The first-order chi connectivity index (χ1) is 7.90. The second-order valence-corrected chi connectivity index (χ2v) is 3.86. The molecule has 80 valence electrons. The monoisotopic (exact) mass is 228 g/mol. The summed E-state index contributed by atoms with van der Waals surface area (Å²) in [6.45, 7) is 0. The SMILES string of the molecule is ClCC=Cc1cccc(-c2ccccc2)c1. The summed E-state index contributed by atoms with van der Waals surface area (Å²) in [7, 11) is 0. The van der Waals surface area contributed by atoms with E-state index < -0.39 is 0 Å². The third kappa shape index (κ3) is 2.74. The molecule has 0 nitrogen and oxygen atoms in total. The van der Waals surface area contributed by atoms with Gasteiger partial charge in [0.1, 0.15) is 0 Å². The predicted molar refractivity (Wildman–Crippen MR) is 71.6 cm³/mol. The second kappa shape index (κ2) is 5.53. The molecule has 16 heavy (non-hydrogen) atoms. The lowest BCUT2D eigenvalue weighted by atomic mass is 10.0. The van der Waals surface area contributed by atoms with Gasteiger partial charge in [-0.1, -0.05) is 60.7 Å². The highest BCUT2D eigenvalue weighted by molar-refractivity contribution is 6.19. The Kier molecular flexibility index (Phi) is 3.79. The van der Waals surface area contributed by atoms with Crippen LogP contribution in [0.1, 0.15) is 5.56 Å². The molecular weight excluding hydrogens is 216 g/mol. The number of halogens is 1. The molecule has 0 radical (unpaired) electrons. The Labute approximate surface area is 101 Å². The molecule has 2 aromatic carbocycles. The Morgan fingerprint density at radius 3 is 2.38 bits per heavy atom. The quantitative estimate of drug-likeness (QED) is 0.674. The van der Waals surface area contributed by atoms with Crippen LogP contribution in [0.25, 0.3) is 17.2 Å². The van der Waals surface area contributed by atoms with Crippen LogP contribution in [0.4, 0.5) is 0 Å². The van der Waals surface area contributed by atoms with Crippen LogP contribution in [-0.4, -0.2) is 5.88 Å². The van der Waals surface area contributed by atoms with Crippen molar-refractivity contribution in [1.29, 1.82) is 0 Å². The molecule has 0 N–H and O–H groups in total. The third-order valence-electron chi connectivity index (χ3n) is 2.39. The van der Waals surface area contributed by atoms with Gasteiger partial charge < -0.3 is 0 Å². The molecule has 0 saturated heterocycles. The highest BCUT2D eigenvalue weighted by Crippen LogP contribution is 2.20. The van der Waals surface area contributed by atoms with Gasteiger partial charge in [0, 0.05) is 5.88 Å². The molecule has 0 saturated carbocycles. The van der Waals surface area contributed by atoms with E-state index in [1.54, 1.807) is 0 Å². The molecule has 0 bridgehead atoms. The molecule has 0 aliphatic carbocycles. The van der Waals surface area contributed by atoms with E-state index in [4.69, 9.17) is 11.6 Å². The van der Waals surface area contributed by atoms with Crippen molar-refractivity contribution in [1.82, 2.24) is 0 Å². The van der Waals surface area contributed by atoms with E-state index >= 15 is 0 Å². The Hall–Kier alpha value is -1.53. The summed E-state index contributed by atoms with van der Waals surface area (Å²) in [6.07, 6.45) is 3.99. The number of rotatable bonds is 3.